The van der Waals surface area contributed by atoms with E-state index in [1.54, 1.807) is 12.4 Å². The molecule has 0 fully saturated rings. The van der Waals surface area contributed by atoms with Gasteiger partial charge < -0.3 is 0 Å². The zero-order chi connectivity index (χ0) is 16.2. The summed E-state index contributed by atoms with van der Waals surface area (Å²) in [5.41, 5.74) is 1.13. The average molecular weight is 333 g/mol. The number of rotatable bonds is 3. The lowest BCUT2D eigenvalue weighted by Crippen LogP contribution is -2.33. The van der Waals surface area contributed by atoms with E-state index >= 15 is 0 Å². The number of thioether (sulfide) groups is 1. The van der Waals surface area contributed by atoms with Crippen LogP contribution in [0.3, 0.4) is 0 Å². The topological polar surface area (TPSA) is 45.6 Å². The number of aliphatic imine (C=N–C) groups is 1. The van der Waals surface area contributed by atoms with Crippen molar-refractivity contribution in [1.82, 2.24) is 9.88 Å². The van der Waals surface area contributed by atoms with Gasteiger partial charge in [0.1, 0.15) is 0 Å². The second-order valence-corrected chi connectivity index (χ2v) is 5.84. The molecule has 4 nitrogen and oxygen atoms in total. The molecule has 0 spiro atoms. The number of hydrogen-bond donors (Lipinski definition) is 0. The molecule has 2 heterocycles. The minimum Gasteiger partial charge on any atom is -0.286 e. The SMILES string of the molecule is O=C(c1ccc(F)c(F)c1)N1CCN=C1SCc1cccnc1. The number of halogens is 2. The van der Waals surface area contributed by atoms with Crippen molar-refractivity contribution in [1.29, 1.82) is 0 Å². The molecule has 1 aliphatic heterocycles. The molecule has 0 aliphatic carbocycles. The third-order valence-electron chi connectivity index (χ3n) is 3.30. The summed E-state index contributed by atoms with van der Waals surface area (Å²) in [5, 5.41) is 0.587. The largest absolute Gasteiger partial charge is 0.286 e. The van der Waals surface area contributed by atoms with Gasteiger partial charge in [-0.25, -0.2) is 8.78 Å². The summed E-state index contributed by atoms with van der Waals surface area (Å²) in [6.45, 7) is 0.942. The number of amidine groups is 1. The first-order valence-corrected chi connectivity index (χ1v) is 7.97. The van der Waals surface area contributed by atoms with Gasteiger partial charge in [-0.05, 0) is 29.8 Å². The Kier molecular flexibility index (Phi) is 4.66. The number of aromatic nitrogens is 1. The minimum atomic E-state index is -1.03. The number of hydrogen-bond acceptors (Lipinski definition) is 4. The van der Waals surface area contributed by atoms with Crippen molar-refractivity contribution in [3.05, 3.63) is 65.5 Å². The van der Waals surface area contributed by atoms with Crippen LogP contribution in [0.5, 0.6) is 0 Å². The molecule has 0 radical (unpaired) electrons. The zero-order valence-electron chi connectivity index (χ0n) is 12.1. The Balaban J connectivity index is 1.70. The van der Waals surface area contributed by atoms with Crippen LogP contribution >= 0.6 is 11.8 Å². The lowest BCUT2D eigenvalue weighted by molar-refractivity contribution is 0.0860. The molecule has 1 aliphatic rings. The average Bonchev–Trinajstić information content (AvgIpc) is 3.04. The summed E-state index contributed by atoms with van der Waals surface area (Å²) < 4.78 is 26.3. The van der Waals surface area contributed by atoms with Gasteiger partial charge >= 0.3 is 0 Å². The molecule has 0 saturated heterocycles. The van der Waals surface area contributed by atoms with Crippen LogP contribution in [-0.4, -0.2) is 34.0 Å². The van der Waals surface area contributed by atoms with Crippen LogP contribution in [0, 0.1) is 11.6 Å². The van der Waals surface area contributed by atoms with E-state index in [1.165, 1.54) is 22.7 Å². The predicted molar refractivity (Wildman–Crippen MR) is 85.2 cm³/mol. The first kappa shape index (κ1) is 15.6. The minimum absolute atomic E-state index is 0.112. The molecule has 0 N–H and O–H groups in total. The highest BCUT2D eigenvalue weighted by Gasteiger charge is 2.25. The summed E-state index contributed by atoms with van der Waals surface area (Å²) >= 11 is 1.42. The quantitative estimate of drug-likeness (QED) is 0.867. The smallest absolute Gasteiger partial charge is 0.259 e. The van der Waals surface area contributed by atoms with Gasteiger partial charge in [0.05, 0.1) is 6.54 Å². The molecule has 0 unspecified atom stereocenters. The normalized spacial score (nSPS) is 14.0. The van der Waals surface area contributed by atoms with E-state index in [4.69, 9.17) is 0 Å². The van der Waals surface area contributed by atoms with Crippen molar-refractivity contribution >= 4 is 22.8 Å². The van der Waals surface area contributed by atoms with Crippen LogP contribution in [-0.2, 0) is 5.75 Å². The fourth-order valence-corrected chi connectivity index (χ4v) is 3.13. The van der Waals surface area contributed by atoms with Crippen LogP contribution in [0.4, 0.5) is 8.78 Å². The molecule has 1 amide bonds. The Labute approximate surface area is 136 Å². The Morgan fingerprint density at radius 3 is 2.87 bits per heavy atom. The number of carbonyl (C=O) groups excluding carboxylic acids is 1. The van der Waals surface area contributed by atoms with Crippen LogP contribution < -0.4 is 0 Å². The Bertz CT molecular complexity index is 752. The number of carbonyl (C=O) groups is 1. The summed E-state index contributed by atoms with van der Waals surface area (Å²) in [6, 6.07) is 6.94. The standard InChI is InChI=1S/C16H13F2N3OS/c17-13-4-3-12(8-14(13)18)15(22)21-7-6-20-16(21)23-10-11-2-1-5-19-9-11/h1-5,8-9H,6-7,10H2. The van der Waals surface area contributed by atoms with Gasteiger partial charge in [-0.1, -0.05) is 17.8 Å². The predicted octanol–water partition coefficient (Wildman–Crippen LogP) is 3.11. The van der Waals surface area contributed by atoms with Crippen LogP contribution in [0.25, 0.3) is 0 Å². The first-order valence-electron chi connectivity index (χ1n) is 6.98. The van der Waals surface area contributed by atoms with E-state index in [0.29, 0.717) is 24.0 Å². The highest BCUT2D eigenvalue weighted by Crippen LogP contribution is 2.21. The molecule has 3 rings (SSSR count). The molecule has 2 aromatic rings. The number of benzene rings is 1. The van der Waals surface area contributed by atoms with Crippen molar-refractivity contribution in [2.45, 2.75) is 5.75 Å². The van der Waals surface area contributed by atoms with Crippen molar-refractivity contribution in [3.63, 3.8) is 0 Å². The second kappa shape index (κ2) is 6.87. The van der Waals surface area contributed by atoms with Gasteiger partial charge in [0, 0.05) is 30.3 Å². The van der Waals surface area contributed by atoms with Crippen LogP contribution in [0.15, 0.2) is 47.7 Å². The van der Waals surface area contributed by atoms with Crippen LogP contribution in [0.2, 0.25) is 0 Å². The molecular weight excluding hydrogens is 320 g/mol. The van der Waals surface area contributed by atoms with Gasteiger partial charge in [-0.3, -0.25) is 19.7 Å². The lowest BCUT2D eigenvalue weighted by atomic mass is 10.2. The van der Waals surface area contributed by atoms with E-state index in [1.807, 2.05) is 12.1 Å². The highest BCUT2D eigenvalue weighted by molar-refractivity contribution is 8.13. The number of amides is 1. The third-order valence-corrected chi connectivity index (χ3v) is 4.39. The monoisotopic (exact) mass is 333 g/mol. The molecule has 0 saturated carbocycles. The summed E-state index contributed by atoms with van der Waals surface area (Å²) in [5.74, 6) is -1.74. The van der Waals surface area contributed by atoms with Crippen molar-refractivity contribution < 1.29 is 13.6 Å². The van der Waals surface area contributed by atoms with Gasteiger partial charge in [-0.2, -0.15) is 0 Å². The van der Waals surface area contributed by atoms with Crippen molar-refractivity contribution in [3.8, 4) is 0 Å². The van der Waals surface area contributed by atoms with Gasteiger partial charge in [-0.15, -0.1) is 0 Å². The molecule has 1 aromatic heterocycles. The fraction of sp³-hybridized carbons (Fsp3) is 0.188. The fourth-order valence-electron chi connectivity index (χ4n) is 2.16. The number of pyridine rings is 1. The maximum absolute atomic E-state index is 13.3. The molecular formula is C16H13F2N3OS. The van der Waals surface area contributed by atoms with E-state index < -0.39 is 11.6 Å². The molecule has 0 bridgehead atoms. The first-order chi connectivity index (χ1) is 11.1. The zero-order valence-corrected chi connectivity index (χ0v) is 12.9. The summed E-state index contributed by atoms with van der Waals surface area (Å²) in [4.78, 5) is 22.3. The van der Waals surface area contributed by atoms with Crippen molar-refractivity contribution in [2.24, 2.45) is 4.99 Å². The second-order valence-electron chi connectivity index (χ2n) is 4.90. The lowest BCUT2D eigenvalue weighted by Gasteiger charge is -2.18. The molecule has 0 atom stereocenters. The number of nitrogens with zero attached hydrogens (tertiary/aromatic N) is 3. The highest BCUT2D eigenvalue weighted by atomic mass is 32.2. The summed E-state index contributed by atoms with van der Waals surface area (Å²) in [7, 11) is 0. The molecule has 118 valence electrons. The Morgan fingerprint density at radius 1 is 1.26 bits per heavy atom. The molecule has 7 heteroatoms. The Hall–Kier alpha value is -2.28. The van der Waals surface area contributed by atoms with Crippen LogP contribution in [0.1, 0.15) is 15.9 Å². The van der Waals surface area contributed by atoms with Crippen molar-refractivity contribution in [2.75, 3.05) is 13.1 Å². The van der Waals surface area contributed by atoms with Gasteiger partial charge in [0.25, 0.3) is 5.91 Å². The maximum atomic E-state index is 13.3. The van der Waals surface area contributed by atoms with E-state index in [0.717, 1.165) is 17.7 Å². The van der Waals surface area contributed by atoms with Gasteiger partial charge in [0.15, 0.2) is 16.8 Å². The van der Waals surface area contributed by atoms with Gasteiger partial charge in [0.2, 0.25) is 0 Å². The molecule has 1 aromatic carbocycles. The van der Waals surface area contributed by atoms with E-state index in [-0.39, 0.29) is 11.5 Å². The Morgan fingerprint density at radius 2 is 2.13 bits per heavy atom. The third kappa shape index (κ3) is 3.56. The van der Waals surface area contributed by atoms with E-state index in [2.05, 4.69) is 9.98 Å². The van der Waals surface area contributed by atoms with E-state index in [9.17, 15) is 13.6 Å². The maximum Gasteiger partial charge on any atom is 0.259 e. The molecule has 23 heavy (non-hydrogen) atoms. The summed E-state index contributed by atoms with van der Waals surface area (Å²) in [6.07, 6.45) is 3.45.